The number of carbonyl (C=O) groups is 4. The zero-order valence-electron chi connectivity index (χ0n) is 23.5. The minimum absolute atomic E-state index is 0.0597. The lowest BCUT2D eigenvalue weighted by Crippen LogP contribution is -2.41. The number of hydrogen-bond donors (Lipinski definition) is 2. The molecule has 0 spiro atoms. The number of amides is 4. The van der Waals surface area contributed by atoms with Gasteiger partial charge in [0.1, 0.15) is 25.4 Å². The van der Waals surface area contributed by atoms with Gasteiger partial charge in [-0.15, -0.1) is 0 Å². The quantitative estimate of drug-likeness (QED) is 0.362. The molecule has 2 N–H and O–H groups in total. The highest BCUT2D eigenvalue weighted by Crippen LogP contribution is 2.26. The Morgan fingerprint density at radius 1 is 0.881 bits per heavy atom. The molecule has 0 unspecified atom stereocenters. The Labute approximate surface area is 243 Å². The highest BCUT2D eigenvalue weighted by atomic mass is 16.6. The largest absolute Gasteiger partial charge is 0.444 e. The summed E-state index contributed by atoms with van der Waals surface area (Å²) in [6.45, 7) is 4.69. The minimum atomic E-state index is -0.498. The summed E-state index contributed by atoms with van der Waals surface area (Å²) < 4.78 is 21.3. The van der Waals surface area contributed by atoms with Crippen LogP contribution in [0.4, 0.5) is 32.3 Å². The topological polar surface area (TPSA) is 139 Å². The molecule has 13 nitrogen and oxygen atoms in total. The summed E-state index contributed by atoms with van der Waals surface area (Å²) in [5, 5.41) is 5.95. The van der Waals surface area contributed by atoms with E-state index in [1.807, 2.05) is 31.2 Å². The summed E-state index contributed by atoms with van der Waals surface area (Å²) in [6.07, 6.45) is -0.617. The van der Waals surface area contributed by atoms with Crippen LogP contribution in [0.25, 0.3) is 0 Å². The zero-order valence-corrected chi connectivity index (χ0v) is 23.5. The van der Waals surface area contributed by atoms with Crippen molar-refractivity contribution in [3.05, 3.63) is 48.5 Å². The Bertz CT molecular complexity index is 1270. The Kier molecular flexibility index (Phi) is 9.39. The van der Waals surface area contributed by atoms with Gasteiger partial charge in [0, 0.05) is 35.8 Å². The van der Waals surface area contributed by atoms with Gasteiger partial charge < -0.3 is 34.5 Å². The van der Waals surface area contributed by atoms with E-state index in [2.05, 4.69) is 10.6 Å². The molecule has 0 radical (unpaired) electrons. The second kappa shape index (κ2) is 13.5. The van der Waals surface area contributed by atoms with Crippen molar-refractivity contribution in [3.8, 4) is 0 Å². The van der Waals surface area contributed by atoms with Crippen molar-refractivity contribution in [2.75, 3.05) is 79.2 Å². The molecule has 0 aromatic heterocycles. The third-order valence-corrected chi connectivity index (χ3v) is 7.18. The van der Waals surface area contributed by atoms with Crippen LogP contribution in [0, 0.1) is 0 Å². The van der Waals surface area contributed by atoms with Gasteiger partial charge in [0.25, 0.3) is 5.91 Å². The normalized spacial score (nSPS) is 20.5. The molecule has 3 fully saturated rings. The van der Waals surface area contributed by atoms with Gasteiger partial charge in [-0.1, -0.05) is 6.92 Å². The molecule has 3 saturated heterocycles. The second-order valence-corrected chi connectivity index (χ2v) is 10.1. The third kappa shape index (κ3) is 7.09. The number of nitrogens with zero attached hydrogens (tertiary/aromatic N) is 3. The number of rotatable bonds is 12. The van der Waals surface area contributed by atoms with E-state index in [0.29, 0.717) is 38.5 Å². The molecule has 5 rings (SSSR count). The van der Waals surface area contributed by atoms with Crippen LogP contribution in [0.3, 0.4) is 0 Å². The molecule has 0 aliphatic carbocycles. The molecule has 0 bridgehead atoms. The molecule has 2 atom stereocenters. The van der Waals surface area contributed by atoms with Crippen LogP contribution < -0.4 is 25.3 Å². The highest BCUT2D eigenvalue weighted by molar-refractivity contribution is 5.95. The lowest BCUT2D eigenvalue weighted by Gasteiger charge is -2.27. The molecular weight excluding hydrogens is 546 g/mol. The molecule has 2 aromatic rings. The van der Waals surface area contributed by atoms with Gasteiger partial charge in [-0.2, -0.15) is 0 Å². The fraction of sp³-hybridized carbons (Fsp3) is 0.448. The van der Waals surface area contributed by atoms with E-state index >= 15 is 0 Å². The van der Waals surface area contributed by atoms with E-state index in [-0.39, 0.29) is 50.3 Å². The molecule has 3 aliphatic heterocycles. The first-order valence-corrected chi connectivity index (χ1v) is 14.0. The minimum Gasteiger partial charge on any atom is -0.444 e. The maximum Gasteiger partial charge on any atom is 0.414 e. The summed E-state index contributed by atoms with van der Waals surface area (Å²) in [5.74, 6) is -0.412. The van der Waals surface area contributed by atoms with Crippen molar-refractivity contribution < 1.29 is 38.1 Å². The summed E-state index contributed by atoms with van der Waals surface area (Å²) in [7, 11) is 0. The van der Waals surface area contributed by atoms with Gasteiger partial charge in [0.15, 0.2) is 0 Å². The predicted octanol–water partition coefficient (Wildman–Crippen LogP) is 2.36. The van der Waals surface area contributed by atoms with E-state index in [9.17, 15) is 19.2 Å². The number of morpholine rings is 1. The molecule has 13 heteroatoms. The van der Waals surface area contributed by atoms with Gasteiger partial charge in [-0.05, 0) is 55.0 Å². The summed E-state index contributed by atoms with van der Waals surface area (Å²) >= 11 is 0. The van der Waals surface area contributed by atoms with E-state index in [1.165, 1.54) is 4.90 Å². The van der Waals surface area contributed by atoms with Crippen molar-refractivity contribution in [3.63, 3.8) is 0 Å². The molecular formula is C29H35N5O8. The molecule has 3 aliphatic rings. The van der Waals surface area contributed by atoms with Gasteiger partial charge in [0.05, 0.1) is 32.8 Å². The van der Waals surface area contributed by atoms with Crippen LogP contribution >= 0.6 is 0 Å². The van der Waals surface area contributed by atoms with Crippen molar-refractivity contribution in [1.29, 1.82) is 0 Å². The fourth-order valence-corrected chi connectivity index (χ4v) is 4.86. The van der Waals surface area contributed by atoms with Gasteiger partial charge >= 0.3 is 12.2 Å². The standard InChI is InChI=1S/C29H35N5O8/c1-2-24-16-33(28(37)41-24)22-5-3-20(4-6-22)30-11-13-39-18-26(35)31-15-25-17-34(29(38)42-25)23-9-7-21(8-10-23)32-12-14-40-19-27(32)36/h3-10,24-25,30H,2,11-19H2,1H3,(H,31,35)/t24-,25-/m0/s1. The maximum atomic E-state index is 12.4. The van der Waals surface area contributed by atoms with E-state index in [1.54, 1.807) is 34.1 Å². The molecule has 0 saturated carbocycles. The van der Waals surface area contributed by atoms with Crippen LogP contribution in [0.2, 0.25) is 0 Å². The number of ether oxygens (including phenoxy) is 4. The van der Waals surface area contributed by atoms with Gasteiger partial charge in [0.2, 0.25) is 5.91 Å². The third-order valence-electron chi connectivity index (χ3n) is 7.18. The average molecular weight is 582 g/mol. The first-order valence-electron chi connectivity index (χ1n) is 14.0. The first kappa shape index (κ1) is 29.1. The van der Waals surface area contributed by atoms with Crippen LogP contribution in [0.1, 0.15) is 13.3 Å². The van der Waals surface area contributed by atoms with Crippen LogP contribution in [0.15, 0.2) is 48.5 Å². The van der Waals surface area contributed by atoms with Crippen molar-refractivity contribution >= 4 is 46.8 Å². The van der Waals surface area contributed by atoms with Crippen molar-refractivity contribution in [2.45, 2.75) is 25.6 Å². The monoisotopic (exact) mass is 581 g/mol. The van der Waals surface area contributed by atoms with Crippen molar-refractivity contribution in [1.82, 2.24) is 5.32 Å². The average Bonchev–Trinajstić information content (AvgIpc) is 3.58. The lowest BCUT2D eigenvalue weighted by molar-refractivity contribution is -0.126. The predicted molar refractivity (Wildman–Crippen MR) is 154 cm³/mol. The molecule has 3 heterocycles. The van der Waals surface area contributed by atoms with E-state index in [0.717, 1.165) is 23.5 Å². The first-order chi connectivity index (χ1) is 20.4. The Balaban J connectivity index is 0.972. The number of benzene rings is 2. The van der Waals surface area contributed by atoms with Crippen molar-refractivity contribution in [2.24, 2.45) is 0 Å². The van der Waals surface area contributed by atoms with E-state index < -0.39 is 12.2 Å². The molecule has 42 heavy (non-hydrogen) atoms. The smallest absolute Gasteiger partial charge is 0.414 e. The summed E-state index contributed by atoms with van der Waals surface area (Å²) in [4.78, 5) is 53.4. The van der Waals surface area contributed by atoms with Crippen LogP contribution in [-0.2, 0) is 28.5 Å². The lowest BCUT2D eigenvalue weighted by atomic mass is 10.2. The maximum absolute atomic E-state index is 12.4. The number of nitrogens with one attached hydrogen (secondary N) is 2. The van der Waals surface area contributed by atoms with Gasteiger partial charge in [-0.25, -0.2) is 9.59 Å². The summed E-state index contributed by atoms with van der Waals surface area (Å²) in [6, 6.07) is 14.6. The zero-order chi connectivity index (χ0) is 29.5. The van der Waals surface area contributed by atoms with Crippen LogP contribution in [0.5, 0.6) is 0 Å². The Hall–Kier alpha value is -4.36. The highest BCUT2D eigenvalue weighted by Gasteiger charge is 2.33. The van der Waals surface area contributed by atoms with Crippen LogP contribution in [-0.4, -0.2) is 95.4 Å². The number of hydrogen-bond acceptors (Lipinski definition) is 9. The number of cyclic esters (lactones) is 2. The molecule has 224 valence electrons. The fourth-order valence-electron chi connectivity index (χ4n) is 4.86. The second-order valence-electron chi connectivity index (χ2n) is 10.1. The Morgan fingerprint density at radius 2 is 1.48 bits per heavy atom. The SMILES string of the molecule is CC[C@H]1CN(c2ccc(NCCOCC(=O)NC[C@H]3CN(c4ccc(N5CCOCC5=O)cc4)C(=O)O3)cc2)C(=O)O1. The summed E-state index contributed by atoms with van der Waals surface area (Å²) in [5.41, 5.74) is 3.04. The number of anilines is 4. The number of carbonyl (C=O) groups excluding carboxylic acids is 4. The Morgan fingerprint density at radius 3 is 2.10 bits per heavy atom. The molecule has 2 aromatic carbocycles. The van der Waals surface area contributed by atoms with Gasteiger partial charge in [-0.3, -0.25) is 19.4 Å². The van der Waals surface area contributed by atoms with E-state index in [4.69, 9.17) is 18.9 Å². The molecule has 4 amide bonds.